The van der Waals surface area contributed by atoms with Gasteiger partial charge < -0.3 is 5.73 Å². The van der Waals surface area contributed by atoms with Gasteiger partial charge in [-0.2, -0.15) is 5.26 Å². The van der Waals surface area contributed by atoms with Crippen LogP contribution in [0.25, 0.3) is 22.4 Å². The van der Waals surface area contributed by atoms with Gasteiger partial charge >= 0.3 is 0 Å². The van der Waals surface area contributed by atoms with Crippen molar-refractivity contribution >= 4 is 21.7 Å². The van der Waals surface area contributed by atoms with Gasteiger partial charge in [-0.15, -0.1) is 0 Å². The molecule has 4 nitrogen and oxygen atoms in total. The molecule has 2 aromatic heterocycles. The van der Waals surface area contributed by atoms with E-state index in [-0.39, 0.29) is 5.82 Å². The van der Waals surface area contributed by atoms with E-state index in [0.29, 0.717) is 5.56 Å². The molecule has 0 saturated carbocycles. The molecular formula is C17H11BrN4. The molecule has 3 rings (SSSR count). The predicted octanol–water partition coefficient (Wildman–Crippen LogP) is 4.03. The summed E-state index contributed by atoms with van der Waals surface area (Å²) >= 11 is 3.52. The van der Waals surface area contributed by atoms with E-state index in [1.807, 2.05) is 42.5 Å². The first kappa shape index (κ1) is 14.2. The van der Waals surface area contributed by atoms with E-state index in [2.05, 4.69) is 32.0 Å². The van der Waals surface area contributed by atoms with Crippen LogP contribution in [-0.2, 0) is 0 Å². The summed E-state index contributed by atoms with van der Waals surface area (Å²) in [4.78, 5) is 8.38. The molecule has 0 radical (unpaired) electrons. The first-order chi connectivity index (χ1) is 10.7. The van der Waals surface area contributed by atoms with Gasteiger partial charge in [-0.05, 0) is 29.8 Å². The number of rotatable bonds is 2. The number of benzene rings is 1. The Morgan fingerprint density at radius 3 is 2.45 bits per heavy atom. The van der Waals surface area contributed by atoms with Crippen LogP contribution in [0.5, 0.6) is 0 Å². The molecule has 0 amide bonds. The first-order valence-corrected chi connectivity index (χ1v) is 7.36. The Labute approximate surface area is 136 Å². The van der Waals surface area contributed by atoms with Gasteiger partial charge in [0.05, 0.1) is 5.69 Å². The maximum atomic E-state index is 9.38. The van der Waals surface area contributed by atoms with Crippen molar-refractivity contribution in [3.63, 3.8) is 0 Å². The highest BCUT2D eigenvalue weighted by molar-refractivity contribution is 9.10. The van der Waals surface area contributed by atoms with Gasteiger partial charge in [0.1, 0.15) is 17.5 Å². The fraction of sp³-hybridized carbons (Fsp3) is 0. The second kappa shape index (κ2) is 5.96. The first-order valence-electron chi connectivity index (χ1n) is 6.56. The molecule has 0 saturated heterocycles. The van der Waals surface area contributed by atoms with E-state index >= 15 is 0 Å². The van der Waals surface area contributed by atoms with Gasteiger partial charge in [-0.3, -0.25) is 4.98 Å². The molecule has 0 aliphatic rings. The highest BCUT2D eigenvalue weighted by Crippen LogP contribution is 2.33. The fourth-order valence-corrected chi connectivity index (χ4v) is 2.74. The number of nitrogens with zero attached hydrogens (tertiary/aromatic N) is 3. The van der Waals surface area contributed by atoms with Gasteiger partial charge in [0.25, 0.3) is 0 Å². The molecule has 106 valence electrons. The molecule has 2 heterocycles. The summed E-state index contributed by atoms with van der Waals surface area (Å²) in [6.07, 6.45) is 3.37. The molecule has 0 aliphatic carbocycles. The molecular weight excluding hydrogens is 340 g/mol. The second-order valence-corrected chi connectivity index (χ2v) is 5.50. The number of hydrogen-bond donors (Lipinski definition) is 1. The standard InChI is InChI=1S/C17H11BrN4/c18-15-4-2-1-3-12(15)16-9-13(11-5-7-21-8-6-11)14(10-19)17(20)22-16/h1-9H,(H2,20,22). The van der Waals surface area contributed by atoms with Crippen molar-refractivity contribution in [1.29, 1.82) is 5.26 Å². The van der Waals surface area contributed by atoms with Crippen molar-refractivity contribution in [2.24, 2.45) is 0 Å². The highest BCUT2D eigenvalue weighted by Gasteiger charge is 2.14. The van der Waals surface area contributed by atoms with Gasteiger partial charge in [-0.25, -0.2) is 4.98 Å². The molecule has 1 aromatic carbocycles. The third-order valence-electron chi connectivity index (χ3n) is 3.30. The van der Waals surface area contributed by atoms with Crippen LogP contribution in [0.3, 0.4) is 0 Å². The van der Waals surface area contributed by atoms with Gasteiger partial charge in [-0.1, -0.05) is 34.1 Å². The molecule has 0 unspecified atom stereocenters. The third kappa shape index (κ3) is 2.57. The van der Waals surface area contributed by atoms with Crippen LogP contribution >= 0.6 is 15.9 Å². The summed E-state index contributed by atoms with van der Waals surface area (Å²) < 4.78 is 0.923. The maximum absolute atomic E-state index is 9.38. The van der Waals surface area contributed by atoms with Crippen molar-refractivity contribution in [2.75, 3.05) is 5.73 Å². The lowest BCUT2D eigenvalue weighted by Crippen LogP contribution is -2.00. The zero-order chi connectivity index (χ0) is 15.5. The number of pyridine rings is 2. The van der Waals surface area contributed by atoms with E-state index in [1.54, 1.807) is 12.4 Å². The Morgan fingerprint density at radius 1 is 1.05 bits per heavy atom. The number of nitrogens with two attached hydrogens (primary N) is 1. The van der Waals surface area contributed by atoms with Crippen molar-refractivity contribution < 1.29 is 0 Å². The average molecular weight is 351 g/mol. The minimum atomic E-state index is 0.225. The minimum Gasteiger partial charge on any atom is -0.383 e. The summed E-state index contributed by atoms with van der Waals surface area (Å²) in [5.74, 6) is 0.225. The SMILES string of the molecule is N#Cc1c(-c2ccncc2)cc(-c2ccccc2Br)nc1N. The molecule has 22 heavy (non-hydrogen) atoms. The fourth-order valence-electron chi connectivity index (χ4n) is 2.25. The van der Waals surface area contributed by atoms with Crippen molar-refractivity contribution in [3.8, 4) is 28.5 Å². The van der Waals surface area contributed by atoms with Crippen LogP contribution in [0, 0.1) is 11.3 Å². The Bertz CT molecular complexity index is 870. The summed E-state index contributed by atoms with van der Waals surface area (Å²) in [6.45, 7) is 0. The van der Waals surface area contributed by atoms with Crippen molar-refractivity contribution in [3.05, 3.63) is 64.9 Å². The number of hydrogen-bond acceptors (Lipinski definition) is 4. The van der Waals surface area contributed by atoms with Crippen molar-refractivity contribution in [2.45, 2.75) is 0 Å². The van der Waals surface area contributed by atoms with Crippen LogP contribution in [0.1, 0.15) is 5.56 Å². The van der Waals surface area contributed by atoms with E-state index < -0.39 is 0 Å². The zero-order valence-corrected chi connectivity index (χ0v) is 13.1. The Kier molecular flexibility index (Phi) is 3.86. The maximum Gasteiger partial charge on any atom is 0.142 e. The minimum absolute atomic E-state index is 0.225. The van der Waals surface area contributed by atoms with Crippen LogP contribution in [0.4, 0.5) is 5.82 Å². The lowest BCUT2D eigenvalue weighted by atomic mass is 9.99. The molecule has 5 heteroatoms. The lowest BCUT2D eigenvalue weighted by molar-refractivity contribution is 1.29. The smallest absolute Gasteiger partial charge is 0.142 e. The molecule has 0 bridgehead atoms. The molecule has 0 aliphatic heterocycles. The molecule has 3 aromatic rings. The largest absolute Gasteiger partial charge is 0.383 e. The molecule has 0 fully saturated rings. The summed E-state index contributed by atoms with van der Waals surface area (Å²) in [5.41, 5.74) is 9.65. The predicted molar refractivity (Wildman–Crippen MR) is 89.7 cm³/mol. The highest BCUT2D eigenvalue weighted by atomic mass is 79.9. The Balaban J connectivity index is 2.27. The van der Waals surface area contributed by atoms with Crippen LogP contribution in [0.15, 0.2) is 59.3 Å². The van der Waals surface area contributed by atoms with E-state index in [9.17, 15) is 5.26 Å². The van der Waals surface area contributed by atoms with Crippen LogP contribution in [-0.4, -0.2) is 9.97 Å². The second-order valence-electron chi connectivity index (χ2n) is 4.64. The molecule has 0 spiro atoms. The summed E-state index contributed by atoms with van der Waals surface area (Å²) in [5, 5.41) is 9.38. The van der Waals surface area contributed by atoms with E-state index in [1.165, 1.54) is 0 Å². The van der Waals surface area contributed by atoms with Gasteiger partial charge in [0.2, 0.25) is 0 Å². The van der Waals surface area contributed by atoms with Gasteiger partial charge in [0.15, 0.2) is 0 Å². The Morgan fingerprint density at radius 2 is 1.77 bits per heavy atom. The summed E-state index contributed by atoms with van der Waals surface area (Å²) in [7, 11) is 0. The van der Waals surface area contributed by atoms with Crippen LogP contribution in [0.2, 0.25) is 0 Å². The average Bonchev–Trinajstić information content (AvgIpc) is 2.55. The number of halogens is 1. The van der Waals surface area contributed by atoms with E-state index in [4.69, 9.17) is 5.73 Å². The monoisotopic (exact) mass is 350 g/mol. The zero-order valence-electron chi connectivity index (χ0n) is 11.5. The molecule has 0 atom stereocenters. The number of nitriles is 1. The van der Waals surface area contributed by atoms with E-state index in [0.717, 1.165) is 26.9 Å². The Hall–Kier alpha value is -2.71. The van der Waals surface area contributed by atoms with Gasteiger partial charge in [0, 0.05) is 28.0 Å². The lowest BCUT2D eigenvalue weighted by Gasteiger charge is -2.11. The van der Waals surface area contributed by atoms with Crippen molar-refractivity contribution in [1.82, 2.24) is 9.97 Å². The molecule has 2 N–H and O–H groups in total. The third-order valence-corrected chi connectivity index (χ3v) is 3.99. The number of anilines is 1. The number of nitrogen functional groups attached to an aromatic ring is 1. The normalized spacial score (nSPS) is 10.2. The number of aromatic nitrogens is 2. The van der Waals surface area contributed by atoms with Crippen LogP contribution < -0.4 is 5.73 Å². The summed E-state index contributed by atoms with van der Waals surface area (Å²) in [6, 6.07) is 15.5. The quantitative estimate of drug-likeness (QED) is 0.756. The topological polar surface area (TPSA) is 75.6 Å².